The molecule has 2 aliphatic rings. The largest absolute Gasteiger partial charge is 0.354 e. The number of rotatable bonds is 5. The van der Waals surface area contributed by atoms with Crippen molar-refractivity contribution >= 4 is 5.91 Å². The minimum Gasteiger partial charge on any atom is -0.354 e. The van der Waals surface area contributed by atoms with Crippen LogP contribution in [0.4, 0.5) is 0 Å². The molecule has 3 atom stereocenters. The van der Waals surface area contributed by atoms with Gasteiger partial charge in [0.15, 0.2) is 0 Å². The molecule has 2 saturated carbocycles. The Hall–Kier alpha value is -0.570. The molecule has 2 fully saturated rings. The van der Waals surface area contributed by atoms with Crippen LogP contribution in [0.2, 0.25) is 0 Å². The fourth-order valence-electron chi connectivity index (χ4n) is 2.88. The summed E-state index contributed by atoms with van der Waals surface area (Å²) in [7, 11) is 0. The van der Waals surface area contributed by atoms with Gasteiger partial charge in [0.2, 0.25) is 5.91 Å². The standard InChI is InChI=1S/C14H26N2O/c1-10-4-2-3-5-12(10)9-16-14(17)13(15)8-11-6-7-11/h10-13H,2-9,15H2,1H3,(H,16,17). The maximum atomic E-state index is 11.8. The maximum absolute atomic E-state index is 11.8. The van der Waals surface area contributed by atoms with E-state index in [-0.39, 0.29) is 11.9 Å². The third-order valence-corrected chi connectivity index (χ3v) is 4.45. The van der Waals surface area contributed by atoms with E-state index in [1.807, 2.05) is 0 Å². The van der Waals surface area contributed by atoms with Gasteiger partial charge in [0.1, 0.15) is 0 Å². The highest BCUT2D eigenvalue weighted by atomic mass is 16.2. The minimum absolute atomic E-state index is 0.0645. The van der Waals surface area contributed by atoms with Gasteiger partial charge in [-0.3, -0.25) is 4.79 Å². The first-order valence-electron chi connectivity index (χ1n) is 7.20. The van der Waals surface area contributed by atoms with Gasteiger partial charge in [-0.05, 0) is 30.6 Å². The van der Waals surface area contributed by atoms with E-state index in [2.05, 4.69) is 12.2 Å². The number of nitrogens with one attached hydrogen (secondary N) is 1. The highest BCUT2D eigenvalue weighted by molar-refractivity contribution is 5.81. The smallest absolute Gasteiger partial charge is 0.236 e. The molecule has 1 amide bonds. The van der Waals surface area contributed by atoms with E-state index in [9.17, 15) is 4.79 Å². The zero-order chi connectivity index (χ0) is 12.3. The molecule has 0 bridgehead atoms. The summed E-state index contributed by atoms with van der Waals surface area (Å²) in [6.45, 7) is 3.14. The quantitative estimate of drug-likeness (QED) is 0.770. The van der Waals surface area contributed by atoms with Crippen LogP contribution in [0.1, 0.15) is 51.9 Å². The average Bonchev–Trinajstić information content (AvgIpc) is 3.11. The van der Waals surface area contributed by atoms with Gasteiger partial charge in [0.05, 0.1) is 6.04 Å². The second-order valence-corrected chi connectivity index (χ2v) is 6.05. The Balaban J connectivity index is 1.67. The molecule has 0 radical (unpaired) electrons. The third kappa shape index (κ3) is 3.98. The Morgan fingerprint density at radius 1 is 1.29 bits per heavy atom. The molecule has 0 spiro atoms. The van der Waals surface area contributed by atoms with Crippen molar-refractivity contribution in [1.29, 1.82) is 0 Å². The number of carbonyl (C=O) groups excluding carboxylic acids is 1. The first-order valence-corrected chi connectivity index (χ1v) is 7.20. The van der Waals surface area contributed by atoms with Crippen molar-refractivity contribution in [3.05, 3.63) is 0 Å². The van der Waals surface area contributed by atoms with Gasteiger partial charge in [-0.1, -0.05) is 39.0 Å². The Bertz CT molecular complexity index is 263. The van der Waals surface area contributed by atoms with Crippen molar-refractivity contribution in [3.63, 3.8) is 0 Å². The summed E-state index contributed by atoms with van der Waals surface area (Å²) in [5.74, 6) is 2.21. The molecule has 3 heteroatoms. The van der Waals surface area contributed by atoms with Crippen molar-refractivity contribution < 1.29 is 4.79 Å². The molecule has 0 aromatic rings. The lowest BCUT2D eigenvalue weighted by Gasteiger charge is -2.29. The second-order valence-electron chi connectivity index (χ2n) is 6.05. The van der Waals surface area contributed by atoms with Crippen molar-refractivity contribution in [1.82, 2.24) is 5.32 Å². The zero-order valence-corrected chi connectivity index (χ0v) is 11.0. The van der Waals surface area contributed by atoms with Crippen LogP contribution in [-0.4, -0.2) is 18.5 Å². The number of amides is 1. The van der Waals surface area contributed by atoms with Gasteiger partial charge in [0.25, 0.3) is 0 Å². The summed E-state index contributed by atoms with van der Waals surface area (Å²) in [4.78, 5) is 11.8. The average molecular weight is 238 g/mol. The third-order valence-electron chi connectivity index (χ3n) is 4.45. The van der Waals surface area contributed by atoms with Gasteiger partial charge in [-0.2, -0.15) is 0 Å². The molecule has 0 heterocycles. The van der Waals surface area contributed by atoms with Crippen molar-refractivity contribution in [3.8, 4) is 0 Å². The lowest BCUT2D eigenvalue weighted by molar-refractivity contribution is -0.122. The van der Waals surface area contributed by atoms with Gasteiger partial charge >= 0.3 is 0 Å². The lowest BCUT2D eigenvalue weighted by atomic mass is 9.80. The number of carbonyl (C=O) groups is 1. The monoisotopic (exact) mass is 238 g/mol. The van der Waals surface area contributed by atoms with E-state index in [4.69, 9.17) is 5.73 Å². The van der Waals surface area contributed by atoms with Crippen LogP contribution in [0.3, 0.4) is 0 Å². The summed E-state index contributed by atoms with van der Waals surface area (Å²) in [5, 5.41) is 3.05. The Labute approximate surface area is 105 Å². The molecular formula is C14H26N2O. The second kappa shape index (κ2) is 5.85. The van der Waals surface area contributed by atoms with E-state index in [1.54, 1.807) is 0 Å². The van der Waals surface area contributed by atoms with E-state index >= 15 is 0 Å². The Kier molecular flexibility index (Phi) is 4.43. The molecule has 3 N–H and O–H groups in total. The van der Waals surface area contributed by atoms with Crippen molar-refractivity contribution in [2.75, 3.05) is 6.54 Å². The molecule has 0 aliphatic heterocycles. The summed E-state index contributed by atoms with van der Waals surface area (Å²) in [6, 6.07) is -0.276. The summed E-state index contributed by atoms with van der Waals surface area (Å²) < 4.78 is 0. The van der Waals surface area contributed by atoms with Crippen LogP contribution in [-0.2, 0) is 4.79 Å². The topological polar surface area (TPSA) is 55.1 Å². The number of hydrogen-bond acceptors (Lipinski definition) is 2. The summed E-state index contributed by atoms with van der Waals surface area (Å²) in [5.41, 5.74) is 5.90. The molecule has 2 rings (SSSR count). The van der Waals surface area contributed by atoms with Gasteiger partial charge < -0.3 is 11.1 Å². The zero-order valence-electron chi connectivity index (χ0n) is 11.0. The van der Waals surface area contributed by atoms with Crippen LogP contribution in [0, 0.1) is 17.8 Å². The molecule has 17 heavy (non-hydrogen) atoms. The van der Waals surface area contributed by atoms with Crippen molar-refractivity contribution in [2.24, 2.45) is 23.5 Å². The molecule has 3 nitrogen and oxygen atoms in total. The molecule has 0 aromatic heterocycles. The van der Waals surface area contributed by atoms with E-state index in [1.165, 1.54) is 38.5 Å². The summed E-state index contributed by atoms with van der Waals surface area (Å²) >= 11 is 0. The Morgan fingerprint density at radius 2 is 2.00 bits per heavy atom. The van der Waals surface area contributed by atoms with Crippen LogP contribution in [0.5, 0.6) is 0 Å². The highest BCUT2D eigenvalue weighted by Crippen LogP contribution is 2.33. The van der Waals surface area contributed by atoms with Crippen LogP contribution < -0.4 is 11.1 Å². The predicted molar refractivity (Wildman–Crippen MR) is 69.4 cm³/mol. The number of hydrogen-bond donors (Lipinski definition) is 2. The first kappa shape index (κ1) is 12.9. The Morgan fingerprint density at radius 3 is 2.65 bits per heavy atom. The first-order chi connectivity index (χ1) is 8.16. The molecule has 0 aromatic carbocycles. The number of nitrogens with two attached hydrogens (primary N) is 1. The molecule has 3 unspecified atom stereocenters. The maximum Gasteiger partial charge on any atom is 0.236 e. The SMILES string of the molecule is CC1CCCCC1CNC(=O)C(N)CC1CC1. The molecule has 2 aliphatic carbocycles. The fourth-order valence-corrected chi connectivity index (χ4v) is 2.88. The normalized spacial score (nSPS) is 30.9. The minimum atomic E-state index is -0.276. The van der Waals surface area contributed by atoms with Gasteiger partial charge in [-0.15, -0.1) is 0 Å². The molecular weight excluding hydrogens is 212 g/mol. The van der Waals surface area contributed by atoms with Gasteiger partial charge in [0, 0.05) is 6.54 Å². The van der Waals surface area contributed by atoms with Crippen LogP contribution in [0.15, 0.2) is 0 Å². The van der Waals surface area contributed by atoms with Crippen LogP contribution >= 0.6 is 0 Å². The molecule has 0 saturated heterocycles. The van der Waals surface area contributed by atoms with E-state index in [0.29, 0.717) is 5.92 Å². The fraction of sp³-hybridized carbons (Fsp3) is 0.929. The van der Waals surface area contributed by atoms with E-state index < -0.39 is 0 Å². The van der Waals surface area contributed by atoms with Gasteiger partial charge in [-0.25, -0.2) is 0 Å². The summed E-state index contributed by atoms with van der Waals surface area (Å²) in [6.07, 6.45) is 8.66. The van der Waals surface area contributed by atoms with Crippen LogP contribution in [0.25, 0.3) is 0 Å². The molecule has 98 valence electrons. The highest BCUT2D eigenvalue weighted by Gasteiger charge is 2.28. The predicted octanol–water partition coefficient (Wildman–Crippen LogP) is 2.06. The van der Waals surface area contributed by atoms with E-state index in [0.717, 1.165) is 24.8 Å². The lowest BCUT2D eigenvalue weighted by Crippen LogP contribution is -2.43. The van der Waals surface area contributed by atoms with Crippen molar-refractivity contribution in [2.45, 2.75) is 57.9 Å².